The average Bonchev–Trinajstić information content (AvgIpc) is 2.97. The molecule has 0 saturated heterocycles. The Morgan fingerprint density at radius 2 is 1.81 bits per heavy atom. The Labute approximate surface area is 129 Å². The minimum absolute atomic E-state index is 0.379. The van der Waals surface area contributed by atoms with Gasteiger partial charge < -0.3 is 0 Å². The minimum Gasteiger partial charge on any atom is -0.241 e. The van der Waals surface area contributed by atoms with Gasteiger partial charge in [0.2, 0.25) is 0 Å². The van der Waals surface area contributed by atoms with Crippen LogP contribution in [0.1, 0.15) is 16.0 Å². The summed E-state index contributed by atoms with van der Waals surface area (Å²) in [6, 6.07) is 13.2. The summed E-state index contributed by atoms with van der Waals surface area (Å²) in [5.41, 5.74) is 2.09. The van der Waals surface area contributed by atoms with Gasteiger partial charge >= 0.3 is 0 Å². The van der Waals surface area contributed by atoms with Gasteiger partial charge in [0.05, 0.1) is 16.7 Å². The maximum Gasteiger partial charge on any atom is 0.130 e. The van der Waals surface area contributed by atoms with Crippen molar-refractivity contribution >= 4 is 15.9 Å². The predicted molar refractivity (Wildman–Crippen MR) is 80.7 cm³/mol. The zero-order valence-electron chi connectivity index (χ0n) is 10.9. The number of para-hydroxylation sites is 1. The van der Waals surface area contributed by atoms with Crippen LogP contribution in [0.5, 0.6) is 0 Å². The largest absolute Gasteiger partial charge is 0.241 e. The highest BCUT2D eigenvalue weighted by Gasteiger charge is 2.17. The highest BCUT2D eigenvalue weighted by Crippen LogP contribution is 2.32. The van der Waals surface area contributed by atoms with E-state index in [-0.39, 0.29) is 4.83 Å². The van der Waals surface area contributed by atoms with Crippen molar-refractivity contribution in [2.75, 3.05) is 0 Å². The molecule has 0 saturated carbocycles. The Balaban J connectivity index is 1.92. The van der Waals surface area contributed by atoms with Gasteiger partial charge in [-0.25, -0.2) is 13.5 Å². The first-order valence-corrected chi connectivity index (χ1v) is 7.26. The van der Waals surface area contributed by atoms with Crippen molar-refractivity contribution < 1.29 is 8.78 Å². The van der Waals surface area contributed by atoms with Gasteiger partial charge in [0, 0.05) is 23.4 Å². The van der Waals surface area contributed by atoms with E-state index < -0.39 is 11.6 Å². The highest BCUT2D eigenvalue weighted by atomic mass is 79.9. The Kier molecular flexibility index (Phi) is 3.84. The number of benzene rings is 2. The molecule has 0 spiro atoms. The Hall–Kier alpha value is -2.01. The van der Waals surface area contributed by atoms with Gasteiger partial charge in [-0.15, -0.1) is 0 Å². The molecule has 0 aliphatic carbocycles. The fourth-order valence-corrected chi connectivity index (χ4v) is 2.68. The van der Waals surface area contributed by atoms with Crippen LogP contribution in [0.15, 0.2) is 60.9 Å². The fourth-order valence-electron chi connectivity index (χ4n) is 2.08. The maximum absolute atomic E-state index is 13.8. The van der Waals surface area contributed by atoms with E-state index in [0.29, 0.717) is 5.56 Å². The summed E-state index contributed by atoms with van der Waals surface area (Å²) in [5.74, 6) is -1.17. The molecule has 1 unspecified atom stereocenters. The molecule has 0 bridgehead atoms. The van der Waals surface area contributed by atoms with E-state index in [4.69, 9.17) is 0 Å². The third kappa shape index (κ3) is 2.88. The normalized spacial score (nSPS) is 12.3. The van der Waals surface area contributed by atoms with Gasteiger partial charge in [0.25, 0.3) is 0 Å². The van der Waals surface area contributed by atoms with Crippen molar-refractivity contribution in [2.45, 2.75) is 4.83 Å². The molecule has 0 amide bonds. The van der Waals surface area contributed by atoms with Crippen LogP contribution in [-0.4, -0.2) is 9.78 Å². The van der Waals surface area contributed by atoms with Crippen LogP contribution >= 0.6 is 15.9 Å². The number of aromatic nitrogens is 2. The third-order valence-electron chi connectivity index (χ3n) is 3.15. The average molecular weight is 349 g/mol. The third-order valence-corrected chi connectivity index (χ3v) is 4.17. The van der Waals surface area contributed by atoms with Crippen LogP contribution in [0.4, 0.5) is 8.78 Å². The Morgan fingerprint density at radius 1 is 1.05 bits per heavy atom. The molecular formula is C16H11BrF2N2. The van der Waals surface area contributed by atoms with Gasteiger partial charge in [0.1, 0.15) is 11.6 Å². The number of rotatable bonds is 3. The summed E-state index contributed by atoms with van der Waals surface area (Å²) in [4.78, 5) is -0.379. The number of nitrogens with zero attached hydrogens (tertiary/aromatic N) is 2. The van der Waals surface area contributed by atoms with Crippen molar-refractivity contribution in [3.05, 3.63) is 83.7 Å². The van der Waals surface area contributed by atoms with Crippen LogP contribution in [0, 0.1) is 11.6 Å². The smallest absolute Gasteiger partial charge is 0.130 e. The van der Waals surface area contributed by atoms with Crippen LogP contribution < -0.4 is 0 Å². The summed E-state index contributed by atoms with van der Waals surface area (Å²) >= 11 is 3.44. The molecule has 0 aliphatic rings. The second-order valence-electron chi connectivity index (χ2n) is 4.58. The first kappa shape index (κ1) is 13.9. The number of alkyl halides is 1. The van der Waals surface area contributed by atoms with Gasteiger partial charge in [0.15, 0.2) is 0 Å². The molecule has 0 N–H and O–H groups in total. The zero-order chi connectivity index (χ0) is 14.8. The van der Waals surface area contributed by atoms with E-state index in [9.17, 15) is 8.78 Å². The molecule has 0 aliphatic heterocycles. The van der Waals surface area contributed by atoms with Gasteiger partial charge in [-0.2, -0.15) is 5.10 Å². The lowest BCUT2D eigenvalue weighted by Crippen LogP contribution is -1.97. The predicted octanol–water partition coefficient (Wildman–Crippen LogP) is 4.63. The molecule has 3 aromatic rings. The lowest BCUT2D eigenvalue weighted by Gasteiger charge is -2.09. The molecule has 5 heteroatoms. The second kappa shape index (κ2) is 5.77. The highest BCUT2D eigenvalue weighted by molar-refractivity contribution is 9.09. The molecule has 0 radical (unpaired) electrons. The van der Waals surface area contributed by atoms with Crippen LogP contribution in [0.2, 0.25) is 0 Å². The molecule has 2 nitrogen and oxygen atoms in total. The fraction of sp³-hybridized carbons (Fsp3) is 0.0625. The van der Waals surface area contributed by atoms with E-state index in [2.05, 4.69) is 21.0 Å². The maximum atomic E-state index is 13.8. The quantitative estimate of drug-likeness (QED) is 0.630. The lowest BCUT2D eigenvalue weighted by molar-refractivity contribution is 0.574. The molecule has 21 heavy (non-hydrogen) atoms. The summed E-state index contributed by atoms with van der Waals surface area (Å²) < 4.78 is 28.5. The summed E-state index contributed by atoms with van der Waals surface area (Å²) in [7, 11) is 0. The first-order valence-electron chi connectivity index (χ1n) is 6.34. The van der Waals surface area contributed by atoms with Crippen molar-refractivity contribution in [1.29, 1.82) is 0 Å². The van der Waals surface area contributed by atoms with Crippen molar-refractivity contribution in [3.63, 3.8) is 0 Å². The summed E-state index contributed by atoms with van der Waals surface area (Å²) in [6.45, 7) is 0. The monoisotopic (exact) mass is 348 g/mol. The van der Waals surface area contributed by atoms with Crippen molar-refractivity contribution in [2.24, 2.45) is 0 Å². The van der Waals surface area contributed by atoms with E-state index in [1.54, 1.807) is 10.9 Å². The van der Waals surface area contributed by atoms with E-state index in [1.807, 2.05) is 36.5 Å². The molecule has 1 aromatic heterocycles. The summed E-state index contributed by atoms with van der Waals surface area (Å²) in [6.07, 6.45) is 3.48. The van der Waals surface area contributed by atoms with Crippen LogP contribution in [0.3, 0.4) is 0 Å². The molecule has 1 atom stereocenters. The van der Waals surface area contributed by atoms with Crippen LogP contribution in [0.25, 0.3) is 5.69 Å². The Bertz CT molecular complexity index is 756. The van der Waals surface area contributed by atoms with E-state index in [0.717, 1.165) is 17.3 Å². The van der Waals surface area contributed by atoms with Crippen molar-refractivity contribution in [3.8, 4) is 5.69 Å². The van der Waals surface area contributed by atoms with Crippen molar-refractivity contribution in [1.82, 2.24) is 9.78 Å². The number of halogens is 3. The number of hydrogen-bond donors (Lipinski definition) is 0. The topological polar surface area (TPSA) is 17.8 Å². The molecule has 106 valence electrons. The van der Waals surface area contributed by atoms with Gasteiger partial charge in [-0.3, -0.25) is 0 Å². The number of hydrogen-bond acceptors (Lipinski definition) is 1. The minimum atomic E-state index is -0.587. The van der Waals surface area contributed by atoms with Gasteiger partial charge in [-0.05, 0) is 18.2 Å². The molecule has 2 aromatic carbocycles. The summed E-state index contributed by atoms with van der Waals surface area (Å²) in [5, 5.41) is 4.27. The molecule has 0 fully saturated rings. The van der Waals surface area contributed by atoms with E-state index >= 15 is 0 Å². The second-order valence-corrected chi connectivity index (χ2v) is 5.50. The van der Waals surface area contributed by atoms with Gasteiger partial charge in [-0.1, -0.05) is 40.2 Å². The standard InChI is InChI=1S/C16H11BrF2N2/c17-16(14-7-6-12(18)8-15(14)19)11-9-20-21(10-11)13-4-2-1-3-5-13/h1-10,16H. The molecular weight excluding hydrogens is 338 g/mol. The first-order chi connectivity index (χ1) is 10.1. The molecule has 3 rings (SSSR count). The zero-order valence-corrected chi connectivity index (χ0v) is 12.5. The SMILES string of the molecule is Fc1ccc(C(Br)c2cnn(-c3ccccc3)c2)c(F)c1. The molecule has 1 heterocycles. The van der Waals surface area contributed by atoms with Crippen LogP contribution in [-0.2, 0) is 0 Å². The Morgan fingerprint density at radius 3 is 2.52 bits per heavy atom. The van der Waals surface area contributed by atoms with E-state index in [1.165, 1.54) is 12.1 Å². The lowest BCUT2D eigenvalue weighted by atomic mass is 10.1.